The summed E-state index contributed by atoms with van der Waals surface area (Å²) in [6.45, 7) is 6.10. The average Bonchev–Trinajstić information content (AvgIpc) is 2.32. The van der Waals surface area contributed by atoms with Gasteiger partial charge in [-0.1, -0.05) is 6.42 Å². The lowest BCUT2D eigenvalue weighted by atomic mass is 9.86. The first kappa shape index (κ1) is 10.5. The first-order chi connectivity index (χ1) is 6.19. The zero-order valence-electron chi connectivity index (χ0n) is 8.56. The summed E-state index contributed by atoms with van der Waals surface area (Å²) in [5.41, 5.74) is -0.299. The Kier molecular flexibility index (Phi) is 3.72. The number of ether oxygens (including phenoxy) is 1. The third-order valence-corrected chi connectivity index (χ3v) is 2.62. The topological polar surface area (TPSA) is 38.3 Å². The molecule has 1 saturated heterocycles. The van der Waals surface area contributed by atoms with Gasteiger partial charge >= 0.3 is 5.97 Å². The van der Waals surface area contributed by atoms with Crippen LogP contribution in [-0.2, 0) is 9.53 Å². The molecule has 0 amide bonds. The maximum atomic E-state index is 11.6. The van der Waals surface area contributed by atoms with Gasteiger partial charge in [0.2, 0.25) is 0 Å². The number of rotatable bonds is 2. The van der Waals surface area contributed by atoms with Crippen molar-refractivity contribution < 1.29 is 9.53 Å². The van der Waals surface area contributed by atoms with Crippen molar-refractivity contribution in [1.82, 2.24) is 5.32 Å². The Morgan fingerprint density at radius 3 is 3.00 bits per heavy atom. The van der Waals surface area contributed by atoms with Crippen molar-refractivity contribution in [2.75, 3.05) is 19.7 Å². The summed E-state index contributed by atoms with van der Waals surface area (Å²) in [4.78, 5) is 11.6. The number of carbonyl (C=O) groups excluding carboxylic acids is 1. The summed E-state index contributed by atoms with van der Waals surface area (Å²) in [7, 11) is 0. The normalized spacial score (nSPS) is 29.4. The molecule has 0 spiro atoms. The minimum Gasteiger partial charge on any atom is -0.466 e. The quantitative estimate of drug-likeness (QED) is 0.660. The van der Waals surface area contributed by atoms with Gasteiger partial charge in [-0.25, -0.2) is 0 Å². The molecule has 0 bridgehead atoms. The van der Waals surface area contributed by atoms with Gasteiger partial charge in [-0.3, -0.25) is 4.79 Å². The highest BCUT2D eigenvalue weighted by atomic mass is 16.5. The molecule has 0 aromatic rings. The van der Waals surface area contributed by atoms with E-state index in [1.165, 1.54) is 0 Å². The fraction of sp³-hybridized carbons (Fsp3) is 0.900. The molecule has 0 aromatic carbocycles. The van der Waals surface area contributed by atoms with Gasteiger partial charge in [0.15, 0.2) is 0 Å². The number of hydrogen-bond donors (Lipinski definition) is 1. The molecule has 76 valence electrons. The SMILES string of the molecule is CCOC(=O)[C@@]1(C)CCCCNC1. The second-order valence-electron chi connectivity index (χ2n) is 3.92. The lowest BCUT2D eigenvalue weighted by Gasteiger charge is -2.25. The van der Waals surface area contributed by atoms with E-state index in [-0.39, 0.29) is 11.4 Å². The lowest BCUT2D eigenvalue weighted by Crippen LogP contribution is -2.38. The van der Waals surface area contributed by atoms with E-state index in [0.29, 0.717) is 6.61 Å². The largest absolute Gasteiger partial charge is 0.466 e. The van der Waals surface area contributed by atoms with E-state index in [9.17, 15) is 4.79 Å². The van der Waals surface area contributed by atoms with E-state index in [1.807, 2.05) is 13.8 Å². The van der Waals surface area contributed by atoms with Gasteiger partial charge in [0.25, 0.3) is 0 Å². The molecule has 0 saturated carbocycles. The molecule has 13 heavy (non-hydrogen) atoms. The fourth-order valence-electron chi connectivity index (χ4n) is 1.70. The van der Waals surface area contributed by atoms with Crippen LogP contribution in [0.25, 0.3) is 0 Å². The van der Waals surface area contributed by atoms with E-state index >= 15 is 0 Å². The highest BCUT2D eigenvalue weighted by Gasteiger charge is 2.34. The monoisotopic (exact) mass is 185 g/mol. The van der Waals surface area contributed by atoms with E-state index in [0.717, 1.165) is 32.4 Å². The molecule has 1 atom stereocenters. The Balaban J connectivity index is 2.55. The summed E-state index contributed by atoms with van der Waals surface area (Å²) in [6.07, 6.45) is 3.22. The molecule has 1 aliphatic heterocycles. The summed E-state index contributed by atoms with van der Waals surface area (Å²) in [6, 6.07) is 0. The van der Waals surface area contributed by atoms with Gasteiger partial charge < -0.3 is 10.1 Å². The highest BCUT2D eigenvalue weighted by molar-refractivity contribution is 5.76. The standard InChI is InChI=1S/C10H19NO2/c1-3-13-9(12)10(2)6-4-5-7-11-8-10/h11H,3-8H2,1-2H3/t10-/m0/s1. The van der Waals surface area contributed by atoms with Crippen molar-refractivity contribution in [3.05, 3.63) is 0 Å². The van der Waals surface area contributed by atoms with Gasteiger partial charge in [-0.2, -0.15) is 0 Å². The van der Waals surface area contributed by atoms with Gasteiger partial charge in [0, 0.05) is 6.54 Å². The van der Waals surface area contributed by atoms with Crippen molar-refractivity contribution >= 4 is 5.97 Å². The van der Waals surface area contributed by atoms with Crippen LogP contribution >= 0.6 is 0 Å². The summed E-state index contributed by atoms with van der Waals surface area (Å²) in [5.74, 6) is -0.0515. The molecule has 3 nitrogen and oxygen atoms in total. The van der Waals surface area contributed by atoms with Crippen LogP contribution in [-0.4, -0.2) is 25.7 Å². The second-order valence-corrected chi connectivity index (χ2v) is 3.92. The Morgan fingerprint density at radius 2 is 2.31 bits per heavy atom. The first-order valence-corrected chi connectivity index (χ1v) is 5.07. The lowest BCUT2D eigenvalue weighted by molar-refractivity contribution is -0.154. The zero-order chi connectivity index (χ0) is 9.73. The smallest absolute Gasteiger partial charge is 0.313 e. The molecule has 1 heterocycles. The van der Waals surface area contributed by atoms with Gasteiger partial charge in [0.1, 0.15) is 0 Å². The van der Waals surface area contributed by atoms with Crippen molar-refractivity contribution in [3.63, 3.8) is 0 Å². The molecular formula is C10H19NO2. The van der Waals surface area contributed by atoms with Crippen molar-refractivity contribution in [2.45, 2.75) is 33.1 Å². The van der Waals surface area contributed by atoms with Crippen LogP contribution in [0.2, 0.25) is 0 Å². The van der Waals surface area contributed by atoms with Crippen LogP contribution in [0.15, 0.2) is 0 Å². The van der Waals surface area contributed by atoms with Crippen molar-refractivity contribution in [1.29, 1.82) is 0 Å². The minimum absolute atomic E-state index is 0.0515. The van der Waals surface area contributed by atoms with Crippen LogP contribution in [0, 0.1) is 5.41 Å². The van der Waals surface area contributed by atoms with Crippen LogP contribution in [0.3, 0.4) is 0 Å². The zero-order valence-corrected chi connectivity index (χ0v) is 8.56. The summed E-state index contributed by atoms with van der Waals surface area (Å²) < 4.78 is 5.06. The summed E-state index contributed by atoms with van der Waals surface area (Å²) >= 11 is 0. The predicted octanol–water partition coefficient (Wildman–Crippen LogP) is 1.33. The molecule has 0 aromatic heterocycles. The van der Waals surface area contributed by atoms with Crippen molar-refractivity contribution in [2.24, 2.45) is 5.41 Å². The molecule has 1 aliphatic rings. The molecule has 1 N–H and O–H groups in total. The van der Waals surface area contributed by atoms with E-state index in [4.69, 9.17) is 4.74 Å². The summed E-state index contributed by atoms with van der Waals surface area (Å²) in [5, 5.41) is 3.28. The van der Waals surface area contributed by atoms with E-state index in [1.54, 1.807) is 0 Å². The van der Waals surface area contributed by atoms with E-state index in [2.05, 4.69) is 5.32 Å². The third kappa shape index (κ3) is 2.69. The highest BCUT2D eigenvalue weighted by Crippen LogP contribution is 2.26. The van der Waals surface area contributed by atoms with Gasteiger partial charge in [0.05, 0.1) is 12.0 Å². The number of carbonyl (C=O) groups is 1. The third-order valence-electron chi connectivity index (χ3n) is 2.62. The molecule has 1 rings (SSSR count). The number of hydrogen-bond acceptors (Lipinski definition) is 3. The molecule has 3 heteroatoms. The van der Waals surface area contributed by atoms with Crippen LogP contribution < -0.4 is 5.32 Å². The van der Waals surface area contributed by atoms with Crippen LogP contribution in [0.1, 0.15) is 33.1 Å². The molecular weight excluding hydrogens is 166 g/mol. The van der Waals surface area contributed by atoms with Crippen LogP contribution in [0.4, 0.5) is 0 Å². The van der Waals surface area contributed by atoms with E-state index < -0.39 is 0 Å². The number of nitrogens with one attached hydrogen (secondary N) is 1. The molecule has 0 unspecified atom stereocenters. The van der Waals surface area contributed by atoms with Gasteiger partial charge in [-0.15, -0.1) is 0 Å². The number of esters is 1. The van der Waals surface area contributed by atoms with Gasteiger partial charge in [-0.05, 0) is 33.2 Å². The predicted molar refractivity (Wildman–Crippen MR) is 51.5 cm³/mol. The maximum absolute atomic E-state index is 11.6. The Bertz CT molecular complexity index is 172. The maximum Gasteiger partial charge on any atom is 0.313 e. The first-order valence-electron chi connectivity index (χ1n) is 5.07. The van der Waals surface area contributed by atoms with Crippen molar-refractivity contribution in [3.8, 4) is 0 Å². The Morgan fingerprint density at radius 1 is 1.54 bits per heavy atom. The fourth-order valence-corrected chi connectivity index (χ4v) is 1.70. The minimum atomic E-state index is -0.299. The molecule has 0 aliphatic carbocycles. The Labute approximate surface area is 79.8 Å². The molecule has 0 radical (unpaired) electrons. The Hall–Kier alpha value is -0.570. The second kappa shape index (κ2) is 4.61. The average molecular weight is 185 g/mol. The molecule has 1 fully saturated rings. The van der Waals surface area contributed by atoms with Crippen LogP contribution in [0.5, 0.6) is 0 Å².